The third kappa shape index (κ3) is 5.35. The van der Waals surface area contributed by atoms with Crippen molar-refractivity contribution in [1.29, 1.82) is 0 Å². The fraction of sp³-hybridized carbons (Fsp3) is 0.476. The van der Waals surface area contributed by atoms with Gasteiger partial charge in [-0.2, -0.15) is 0 Å². The number of carbonyl (C=O) groups excluding carboxylic acids is 1. The third-order valence-corrected chi connectivity index (χ3v) is 5.16. The summed E-state index contributed by atoms with van der Waals surface area (Å²) in [6.07, 6.45) is 2.22. The Balaban J connectivity index is 1.55. The molecule has 0 atom stereocenters. The van der Waals surface area contributed by atoms with E-state index in [4.69, 9.17) is 9.47 Å². The Morgan fingerprint density at radius 2 is 1.83 bits per heavy atom. The maximum absolute atomic E-state index is 12.7. The van der Waals surface area contributed by atoms with Crippen LogP contribution in [0.1, 0.15) is 23.0 Å². The van der Waals surface area contributed by atoms with Gasteiger partial charge in [0, 0.05) is 38.8 Å². The number of hydrogen-bond donors (Lipinski definition) is 1. The summed E-state index contributed by atoms with van der Waals surface area (Å²) in [4.78, 5) is 25.4. The number of aromatic nitrogens is 2. The number of likely N-dealkylation sites (N-methyl/N-ethyl adjacent to an activating group) is 1. The van der Waals surface area contributed by atoms with Crippen LogP contribution in [0, 0.1) is 0 Å². The molecule has 1 saturated heterocycles. The maximum atomic E-state index is 12.7. The highest BCUT2D eigenvalue weighted by molar-refractivity contribution is 5.93. The Morgan fingerprint density at radius 3 is 2.52 bits per heavy atom. The van der Waals surface area contributed by atoms with Crippen LogP contribution in [0.5, 0.6) is 11.5 Å². The lowest BCUT2D eigenvalue weighted by atomic mass is 10.1. The molecule has 8 nitrogen and oxygen atoms in total. The van der Waals surface area contributed by atoms with Crippen molar-refractivity contribution in [1.82, 2.24) is 19.8 Å². The van der Waals surface area contributed by atoms with Crippen molar-refractivity contribution < 1.29 is 14.3 Å². The Bertz CT molecular complexity index is 822. The van der Waals surface area contributed by atoms with Crippen LogP contribution in [0.15, 0.2) is 30.6 Å². The second-order valence-corrected chi connectivity index (χ2v) is 6.88. The van der Waals surface area contributed by atoms with Crippen LogP contribution in [0.3, 0.4) is 0 Å². The van der Waals surface area contributed by atoms with E-state index < -0.39 is 0 Å². The largest absolute Gasteiger partial charge is 0.493 e. The van der Waals surface area contributed by atoms with Gasteiger partial charge in [-0.3, -0.25) is 4.79 Å². The van der Waals surface area contributed by atoms with Gasteiger partial charge in [0.25, 0.3) is 5.91 Å². The molecule has 0 bridgehead atoms. The van der Waals surface area contributed by atoms with Crippen LogP contribution >= 0.6 is 0 Å². The van der Waals surface area contributed by atoms with Gasteiger partial charge in [0.1, 0.15) is 17.8 Å². The van der Waals surface area contributed by atoms with Crippen LogP contribution in [-0.2, 0) is 6.42 Å². The summed E-state index contributed by atoms with van der Waals surface area (Å²) in [5, 5.41) is 3.27. The van der Waals surface area contributed by atoms with E-state index in [0.717, 1.165) is 44.7 Å². The first-order chi connectivity index (χ1) is 14.1. The summed E-state index contributed by atoms with van der Waals surface area (Å²) in [5.41, 5.74) is 1.55. The molecule has 0 spiro atoms. The number of hydrogen-bond acceptors (Lipinski definition) is 7. The molecule has 1 aliphatic rings. The van der Waals surface area contributed by atoms with Gasteiger partial charge in [-0.1, -0.05) is 13.0 Å². The first-order valence-electron chi connectivity index (χ1n) is 9.93. The smallest absolute Gasteiger partial charge is 0.272 e. The van der Waals surface area contributed by atoms with Crippen molar-refractivity contribution in [2.24, 2.45) is 0 Å². The number of carbonyl (C=O) groups is 1. The molecule has 1 amide bonds. The normalized spacial score (nSPS) is 14.5. The van der Waals surface area contributed by atoms with Crippen molar-refractivity contribution in [3.05, 3.63) is 41.9 Å². The fourth-order valence-electron chi connectivity index (χ4n) is 3.37. The number of nitrogens with one attached hydrogen (secondary N) is 1. The van der Waals surface area contributed by atoms with Crippen LogP contribution in [-0.4, -0.2) is 79.2 Å². The van der Waals surface area contributed by atoms with Crippen molar-refractivity contribution in [3.63, 3.8) is 0 Å². The fourth-order valence-corrected chi connectivity index (χ4v) is 3.37. The van der Waals surface area contributed by atoms with E-state index in [2.05, 4.69) is 27.1 Å². The predicted molar refractivity (Wildman–Crippen MR) is 112 cm³/mol. The molecule has 1 fully saturated rings. The zero-order valence-corrected chi connectivity index (χ0v) is 17.4. The van der Waals surface area contributed by atoms with Gasteiger partial charge in [-0.25, -0.2) is 9.97 Å². The van der Waals surface area contributed by atoms with Gasteiger partial charge < -0.3 is 24.6 Å². The number of ether oxygens (including phenoxy) is 2. The highest BCUT2D eigenvalue weighted by Gasteiger charge is 2.22. The number of anilines is 1. The molecule has 3 rings (SSSR count). The molecular formula is C21H29N5O3. The van der Waals surface area contributed by atoms with Crippen molar-refractivity contribution >= 4 is 11.7 Å². The zero-order valence-electron chi connectivity index (χ0n) is 17.4. The lowest BCUT2D eigenvalue weighted by Gasteiger charge is -2.33. The molecule has 2 aromatic rings. The maximum Gasteiger partial charge on any atom is 0.272 e. The molecule has 1 aromatic heterocycles. The Hall–Kier alpha value is -2.87. The van der Waals surface area contributed by atoms with Gasteiger partial charge in [-0.15, -0.1) is 0 Å². The second-order valence-electron chi connectivity index (χ2n) is 6.88. The number of rotatable bonds is 8. The Labute approximate surface area is 171 Å². The van der Waals surface area contributed by atoms with E-state index in [9.17, 15) is 4.79 Å². The van der Waals surface area contributed by atoms with Crippen LogP contribution in [0.25, 0.3) is 0 Å². The molecule has 0 saturated carbocycles. The minimum Gasteiger partial charge on any atom is -0.493 e. The molecule has 0 aliphatic carbocycles. The van der Waals surface area contributed by atoms with Gasteiger partial charge in [0.2, 0.25) is 0 Å². The van der Waals surface area contributed by atoms with E-state index >= 15 is 0 Å². The summed E-state index contributed by atoms with van der Waals surface area (Å²) in [5.74, 6) is 2.04. The monoisotopic (exact) mass is 399 g/mol. The third-order valence-electron chi connectivity index (χ3n) is 5.16. The number of piperazine rings is 1. The lowest BCUT2D eigenvalue weighted by molar-refractivity contribution is 0.0637. The van der Waals surface area contributed by atoms with E-state index in [1.807, 2.05) is 23.1 Å². The van der Waals surface area contributed by atoms with Gasteiger partial charge in [0.05, 0.1) is 14.2 Å². The first-order valence-corrected chi connectivity index (χ1v) is 9.93. The lowest BCUT2D eigenvalue weighted by Crippen LogP contribution is -2.48. The Kier molecular flexibility index (Phi) is 7.24. The molecule has 0 radical (unpaired) electrons. The molecule has 1 aliphatic heterocycles. The SMILES string of the molecule is CCN1CCN(C(=O)c2cc(NCCc3ccc(OC)c(OC)c3)ncn2)CC1. The molecular weight excluding hydrogens is 370 g/mol. The van der Waals surface area contributed by atoms with Crippen LogP contribution < -0.4 is 14.8 Å². The highest BCUT2D eigenvalue weighted by atomic mass is 16.5. The average Bonchev–Trinajstić information content (AvgIpc) is 2.78. The number of benzene rings is 1. The van der Waals surface area contributed by atoms with Gasteiger partial charge in [0.15, 0.2) is 11.5 Å². The summed E-state index contributed by atoms with van der Waals surface area (Å²) in [7, 11) is 3.25. The molecule has 1 aromatic carbocycles. The number of methoxy groups -OCH3 is 2. The van der Waals surface area contributed by atoms with Gasteiger partial charge >= 0.3 is 0 Å². The van der Waals surface area contributed by atoms with Crippen LogP contribution in [0.2, 0.25) is 0 Å². The summed E-state index contributed by atoms with van der Waals surface area (Å²) >= 11 is 0. The number of nitrogens with zero attached hydrogens (tertiary/aromatic N) is 4. The quantitative estimate of drug-likeness (QED) is 0.726. The summed E-state index contributed by atoms with van der Waals surface area (Å²) < 4.78 is 10.6. The Morgan fingerprint density at radius 1 is 1.07 bits per heavy atom. The molecule has 1 N–H and O–H groups in total. The first kappa shape index (κ1) is 20.9. The molecule has 156 valence electrons. The molecule has 2 heterocycles. The molecule has 0 unspecified atom stereocenters. The van der Waals surface area contributed by atoms with E-state index in [-0.39, 0.29) is 5.91 Å². The summed E-state index contributed by atoms with van der Waals surface area (Å²) in [6, 6.07) is 7.59. The van der Waals surface area contributed by atoms with E-state index in [1.165, 1.54) is 6.33 Å². The topological polar surface area (TPSA) is 79.8 Å². The standard InChI is InChI=1S/C21H29N5O3/c1-4-25-9-11-26(12-10-25)21(27)17-14-20(24-15-23-17)22-8-7-16-5-6-18(28-2)19(13-16)29-3/h5-6,13-15H,4,7-12H2,1-3H3,(H,22,23,24). The van der Waals surface area contributed by atoms with Crippen LogP contribution in [0.4, 0.5) is 5.82 Å². The molecule has 29 heavy (non-hydrogen) atoms. The van der Waals surface area contributed by atoms with E-state index in [1.54, 1.807) is 20.3 Å². The van der Waals surface area contributed by atoms with Crippen molar-refractivity contribution in [3.8, 4) is 11.5 Å². The zero-order chi connectivity index (χ0) is 20.6. The average molecular weight is 399 g/mol. The predicted octanol–water partition coefficient (Wildman–Crippen LogP) is 1.93. The molecule has 8 heteroatoms. The minimum absolute atomic E-state index is 0.0360. The van der Waals surface area contributed by atoms with Crippen molar-refractivity contribution in [2.45, 2.75) is 13.3 Å². The highest BCUT2D eigenvalue weighted by Crippen LogP contribution is 2.27. The van der Waals surface area contributed by atoms with E-state index in [0.29, 0.717) is 29.6 Å². The van der Waals surface area contributed by atoms with Gasteiger partial charge in [-0.05, 0) is 30.7 Å². The number of amides is 1. The minimum atomic E-state index is -0.0360. The summed E-state index contributed by atoms with van der Waals surface area (Å²) in [6.45, 7) is 7.12. The second kappa shape index (κ2) is 10.1. The van der Waals surface area contributed by atoms with Crippen molar-refractivity contribution in [2.75, 3.05) is 58.8 Å².